The fourth-order valence-corrected chi connectivity index (χ4v) is 1.45. The Kier molecular flexibility index (Phi) is 5.47. The number of unbranched alkanes of at least 4 members (excludes halogenated alkanes) is 1. The molecule has 0 amide bonds. The van der Waals surface area contributed by atoms with Crippen LogP contribution in [0.2, 0.25) is 0 Å². The van der Waals surface area contributed by atoms with Gasteiger partial charge in [-0.15, -0.1) is 13.2 Å². The first-order valence-electron chi connectivity index (χ1n) is 5.69. The molecule has 7 heteroatoms. The van der Waals surface area contributed by atoms with Crippen LogP contribution in [0.15, 0.2) is 24.3 Å². The van der Waals surface area contributed by atoms with Gasteiger partial charge in [-0.3, -0.25) is 4.79 Å². The third-order valence-corrected chi connectivity index (χ3v) is 2.25. The van der Waals surface area contributed by atoms with E-state index in [-0.39, 0.29) is 17.9 Å². The van der Waals surface area contributed by atoms with Crippen LogP contribution in [0.25, 0.3) is 0 Å². The summed E-state index contributed by atoms with van der Waals surface area (Å²) in [7, 11) is 0. The minimum atomic E-state index is -4.74. The Morgan fingerprint density at radius 2 is 1.95 bits per heavy atom. The predicted molar refractivity (Wildman–Crippen MR) is 63.1 cm³/mol. The van der Waals surface area contributed by atoms with Crippen molar-refractivity contribution in [1.29, 1.82) is 0 Å². The summed E-state index contributed by atoms with van der Waals surface area (Å²) in [4.78, 5) is 10.3. The van der Waals surface area contributed by atoms with Crippen LogP contribution in [0.5, 0.6) is 5.75 Å². The van der Waals surface area contributed by atoms with E-state index in [1.807, 2.05) is 0 Å². The molecule has 0 unspecified atom stereocenters. The molecule has 19 heavy (non-hydrogen) atoms. The number of rotatable bonds is 7. The number of hydrogen-bond acceptors (Lipinski definition) is 3. The molecule has 0 saturated heterocycles. The summed E-state index contributed by atoms with van der Waals surface area (Å²) < 4.78 is 40.3. The van der Waals surface area contributed by atoms with Gasteiger partial charge in [0.1, 0.15) is 0 Å². The fraction of sp³-hybridized carbons (Fsp3) is 0.417. The first-order chi connectivity index (χ1) is 8.88. The van der Waals surface area contributed by atoms with E-state index in [1.54, 1.807) is 6.07 Å². The van der Waals surface area contributed by atoms with Crippen LogP contribution in [0.1, 0.15) is 19.3 Å². The monoisotopic (exact) mass is 277 g/mol. The Bertz CT molecular complexity index is 421. The van der Waals surface area contributed by atoms with E-state index in [0.717, 1.165) is 0 Å². The fourth-order valence-electron chi connectivity index (χ4n) is 1.45. The molecule has 0 saturated carbocycles. The van der Waals surface area contributed by atoms with Crippen molar-refractivity contribution < 1.29 is 27.8 Å². The highest BCUT2D eigenvalue weighted by molar-refractivity contribution is 5.66. The average molecular weight is 277 g/mol. The minimum absolute atomic E-state index is 0.0440. The zero-order valence-electron chi connectivity index (χ0n) is 10.0. The van der Waals surface area contributed by atoms with Gasteiger partial charge in [-0.2, -0.15) is 0 Å². The highest BCUT2D eigenvalue weighted by Crippen LogP contribution is 2.29. The van der Waals surface area contributed by atoms with Crippen molar-refractivity contribution in [1.82, 2.24) is 0 Å². The summed E-state index contributed by atoms with van der Waals surface area (Å²) in [5.74, 6) is -1.19. The summed E-state index contributed by atoms with van der Waals surface area (Å²) in [5, 5.41) is 11.2. The summed E-state index contributed by atoms with van der Waals surface area (Å²) in [5.41, 5.74) is 0.232. The molecule has 0 aromatic heterocycles. The lowest BCUT2D eigenvalue weighted by Crippen LogP contribution is -2.18. The van der Waals surface area contributed by atoms with Gasteiger partial charge >= 0.3 is 12.3 Å². The number of nitrogens with one attached hydrogen (secondary N) is 1. The van der Waals surface area contributed by atoms with Crippen LogP contribution < -0.4 is 10.1 Å². The first kappa shape index (κ1) is 15.1. The summed E-state index contributed by atoms with van der Waals surface area (Å²) in [6.07, 6.45) is -3.68. The maximum absolute atomic E-state index is 12.1. The zero-order valence-corrected chi connectivity index (χ0v) is 10.0. The van der Waals surface area contributed by atoms with Crippen LogP contribution in [0.4, 0.5) is 18.9 Å². The van der Waals surface area contributed by atoms with Gasteiger partial charge in [0.25, 0.3) is 0 Å². The number of anilines is 1. The predicted octanol–water partition coefficient (Wildman–Crippen LogP) is 3.25. The minimum Gasteiger partial charge on any atom is -0.481 e. The summed E-state index contributed by atoms with van der Waals surface area (Å²) >= 11 is 0. The molecule has 0 spiro atoms. The van der Waals surface area contributed by atoms with Gasteiger partial charge in [0, 0.05) is 13.0 Å². The molecule has 2 N–H and O–H groups in total. The largest absolute Gasteiger partial charge is 0.573 e. The quantitative estimate of drug-likeness (QED) is 0.751. The Labute approximate surface area is 108 Å². The van der Waals surface area contributed by atoms with Crippen molar-refractivity contribution in [2.75, 3.05) is 11.9 Å². The van der Waals surface area contributed by atoms with Crippen molar-refractivity contribution in [2.24, 2.45) is 0 Å². The number of carboxylic acid groups (broad SMARTS) is 1. The van der Waals surface area contributed by atoms with Crippen LogP contribution in [0, 0.1) is 0 Å². The smallest absolute Gasteiger partial charge is 0.481 e. The highest BCUT2D eigenvalue weighted by atomic mass is 19.4. The van der Waals surface area contributed by atoms with Crippen LogP contribution >= 0.6 is 0 Å². The van der Waals surface area contributed by atoms with Crippen molar-refractivity contribution >= 4 is 11.7 Å². The number of hydrogen-bond donors (Lipinski definition) is 2. The molecule has 0 fully saturated rings. The van der Waals surface area contributed by atoms with E-state index in [1.165, 1.54) is 18.2 Å². The topological polar surface area (TPSA) is 58.6 Å². The molecule has 1 rings (SSSR count). The van der Waals surface area contributed by atoms with E-state index in [4.69, 9.17) is 5.11 Å². The third kappa shape index (κ3) is 6.54. The Hall–Kier alpha value is -1.92. The molecule has 0 radical (unpaired) electrons. The lowest BCUT2D eigenvalue weighted by Gasteiger charge is -2.14. The van der Waals surface area contributed by atoms with Crippen LogP contribution in [-0.4, -0.2) is 24.0 Å². The van der Waals surface area contributed by atoms with Gasteiger partial charge < -0.3 is 15.2 Å². The second-order valence-corrected chi connectivity index (χ2v) is 3.82. The molecule has 0 aliphatic rings. The highest BCUT2D eigenvalue weighted by Gasteiger charge is 2.31. The molecule has 0 aliphatic heterocycles. The number of halogens is 3. The molecule has 106 valence electrons. The van der Waals surface area contributed by atoms with Gasteiger partial charge in [0.2, 0.25) is 0 Å². The van der Waals surface area contributed by atoms with E-state index in [2.05, 4.69) is 10.1 Å². The Balaban J connectivity index is 2.47. The van der Waals surface area contributed by atoms with Crippen molar-refractivity contribution in [3.05, 3.63) is 24.3 Å². The zero-order chi connectivity index (χ0) is 14.3. The number of aliphatic carboxylic acids is 1. The van der Waals surface area contributed by atoms with Crippen LogP contribution in [-0.2, 0) is 4.79 Å². The second kappa shape index (κ2) is 6.86. The van der Waals surface area contributed by atoms with Crippen molar-refractivity contribution in [2.45, 2.75) is 25.6 Å². The molecular weight excluding hydrogens is 263 g/mol. The molecule has 0 aliphatic carbocycles. The van der Waals surface area contributed by atoms with E-state index in [0.29, 0.717) is 19.4 Å². The average Bonchev–Trinajstić information content (AvgIpc) is 2.28. The summed E-state index contributed by atoms with van der Waals surface area (Å²) in [6.45, 7) is 0.380. The maximum atomic E-state index is 12.1. The first-order valence-corrected chi connectivity index (χ1v) is 5.69. The molecule has 1 aromatic rings. The lowest BCUT2D eigenvalue weighted by molar-refractivity contribution is -0.274. The van der Waals surface area contributed by atoms with E-state index < -0.39 is 12.3 Å². The second-order valence-electron chi connectivity index (χ2n) is 3.82. The van der Waals surface area contributed by atoms with Gasteiger partial charge in [0.15, 0.2) is 5.75 Å². The van der Waals surface area contributed by atoms with Gasteiger partial charge in [-0.25, -0.2) is 0 Å². The van der Waals surface area contributed by atoms with Gasteiger partial charge in [-0.05, 0) is 25.0 Å². The number of ether oxygens (including phenoxy) is 1. The number of carbonyl (C=O) groups is 1. The summed E-state index contributed by atoms with van der Waals surface area (Å²) in [6, 6.07) is 5.71. The van der Waals surface area contributed by atoms with Crippen molar-refractivity contribution in [3.8, 4) is 5.75 Å². The maximum Gasteiger partial charge on any atom is 0.573 e. The van der Waals surface area contributed by atoms with E-state index in [9.17, 15) is 18.0 Å². The molecule has 4 nitrogen and oxygen atoms in total. The van der Waals surface area contributed by atoms with Gasteiger partial charge in [0.05, 0.1) is 5.69 Å². The van der Waals surface area contributed by atoms with Crippen molar-refractivity contribution in [3.63, 3.8) is 0 Å². The lowest BCUT2D eigenvalue weighted by atomic mass is 10.2. The molecule has 1 aromatic carbocycles. The molecule has 0 atom stereocenters. The molecule has 0 heterocycles. The molecular formula is C12H14F3NO3. The Morgan fingerprint density at radius 3 is 2.58 bits per heavy atom. The third-order valence-electron chi connectivity index (χ3n) is 2.25. The number of alkyl halides is 3. The standard InChI is InChI=1S/C12H14F3NO3/c13-12(14,15)19-10-6-2-1-5-9(10)16-8-4-3-7-11(17)18/h1-2,5-6,16H,3-4,7-8H2,(H,17,18). The van der Waals surface area contributed by atoms with Crippen LogP contribution in [0.3, 0.4) is 0 Å². The van der Waals surface area contributed by atoms with Gasteiger partial charge in [-0.1, -0.05) is 12.1 Å². The van der Waals surface area contributed by atoms with E-state index >= 15 is 0 Å². The number of carboxylic acids is 1. The number of benzene rings is 1. The SMILES string of the molecule is O=C(O)CCCCNc1ccccc1OC(F)(F)F. The normalized spacial score (nSPS) is 11.1. The molecule has 0 bridgehead atoms. The Morgan fingerprint density at radius 1 is 1.26 bits per heavy atom. The number of para-hydroxylation sites is 2.